The Kier molecular flexibility index (Phi) is 4.20. The van der Waals surface area contributed by atoms with E-state index in [9.17, 15) is 9.18 Å². The van der Waals surface area contributed by atoms with Gasteiger partial charge in [-0.05, 0) is 24.7 Å². The minimum atomic E-state index is -0.456. The average molecular weight is 298 g/mol. The van der Waals surface area contributed by atoms with Crippen LogP contribution in [0.25, 0.3) is 0 Å². The van der Waals surface area contributed by atoms with Gasteiger partial charge in [0.15, 0.2) is 0 Å². The number of benzene rings is 2. The molecule has 3 nitrogen and oxygen atoms in total. The van der Waals surface area contributed by atoms with Gasteiger partial charge in [0.05, 0.1) is 11.6 Å². The Morgan fingerprint density at radius 3 is 2.45 bits per heavy atom. The summed E-state index contributed by atoms with van der Waals surface area (Å²) in [6, 6.07) is 16.4. The molecule has 114 valence electrons. The van der Waals surface area contributed by atoms with Crippen LogP contribution in [0.1, 0.15) is 22.0 Å². The van der Waals surface area contributed by atoms with Gasteiger partial charge in [-0.15, -0.1) is 0 Å². The molecule has 1 amide bonds. The van der Waals surface area contributed by atoms with Gasteiger partial charge in [0.25, 0.3) is 5.91 Å². The van der Waals surface area contributed by atoms with Gasteiger partial charge < -0.3 is 4.90 Å². The third-order valence-electron chi connectivity index (χ3n) is 4.22. The summed E-state index contributed by atoms with van der Waals surface area (Å²) >= 11 is 0. The number of carbonyl (C=O) groups excluding carboxylic acids is 1. The van der Waals surface area contributed by atoms with E-state index in [1.165, 1.54) is 11.6 Å². The summed E-state index contributed by atoms with van der Waals surface area (Å²) in [5.74, 6) is -0.685. The average Bonchev–Trinajstić information content (AvgIpc) is 2.56. The van der Waals surface area contributed by atoms with Gasteiger partial charge in [-0.1, -0.05) is 42.5 Å². The molecule has 22 heavy (non-hydrogen) atoms. The third kappa shape index (κ3) is 2.88. The first-order valence-electron chi connectivity index (χ1n) is 7.46. The van der Waals surface area contributed by atoms with Gasteiger partial charge in [-0.2, -0.15) is 0 Å². The number of carbonyl (C=O) groups is 1. The van der Waals surface area contributed by atoms with E-state index < -0.39 is 5.82 Å². The largest absolute Gasteiger partial charge is 0.335 e. The SMILES string of the molecule is CN1CCN(C(=O)c2ccccc2F)CC1c1ccccc1. The van der Waals surface area contributed by atoms with Gasteiger partial charge in [-0.3, -0.25) is 9.69 Å². The topological polar surface area (TPSA) is 23.6 Å². The van der Waals surface area contributed by atoms with E-state index >= 15 is 0 Å². The van der Waals surface area contributed by atoms with Crippen LogP contribution in [0.4, 0.5) is 4.39 Å². The Hall–Kier alpha value is -2.20. The van der Waals surface area contributed by atoms with E-state index in [2.05, 4.69) is 24.1 Å². The van der Waals surface area contributed by atoms with Gasteiger partial charge in [0.1, 0.15) is 5.82 Å². The first-order valence-corrected chi connectivity index (χ1v) is 7.46. The van der Waals surface area contributed by atoms with Crippen molar-refractivity contribution in [3.63, 3.8) is 0 Å². The Balaban J connectivity index is 1.81. The highest BCUT2D eigenvalue weighted by molar-refractivity contribution is 5.94. The summed E-state index contributed by atoms with van der Waals surface area (Å²) in [5, 5.41) is 0. The fourth-order valence-electron chi connectivity index (χ4n) is 2.90. The van der Waals surface area contributed by atoms with Crippen LogP contribution in [0.3, 0.4) is 0 Å². The van der Waals surface area contributed by atoms with E-state index in [-0.39, 0.29) is 17.5 Å². The molecule has 1 unspecified atom stereocenters. The number of likely N-dealkylation sites (N-methyl/N-ethyl adjacent to an activating group) is 1. The zero-order chi connectivity index (χ0) is 15.5. The summed E-state index contributed by atoms with van der Waals surface area (Å²) in [4.78, 5) is 16.6. The zero-order valence-electron chi connectivity index (χ0n) is 12.6. The lowest BCUT2D eigenvalue weighted by Gasteiger charge is -2.39. The molecule has 1 aliphatic heterocycles. The predicted octanol–water partition coefficient (Wildman–Crippen LogP) is 2.95. The third-order valence-corrected chi connectivity index (χ3v) is 4.22. The van der Waals surface area contributed by atoms with Crippen molar-refractivity contribution >= 4 is 5.91 Å². The first-order chi connectivity index (χ1) is 10.7. The standard InChI is InChI=1S/C18H19FN2O/c1-20-11-12-21(13-17(20)14-7-3-2-4-8-14)18(22)15-9-5-6-10-16(15)19/h2-10,17H,11-13H2,1H3. The molecule has 1 fully saturated rings. The molecule has 0 bridgehead atoms. The van der Waals surface area contributed by atoms with Crippen LogP contribution >= 0.6 is 0 Å². The predicted molar refractivity (Wildman–Crippen MR) is 84.1 cm³/mol. The normalized spacial score (nSPS) is 19.2. The van der Waals surface area contributed by atoms with Crippen molar-refractivity contribution in [3.8, 4) is 0 Å². The molecule has 0 radical (unpaired) electrons. The van der Waals surface area contributed by atoms with E-state index in [0.29, 0.717) is 13.1 Å². The second-order valence-electron chi connectivity index (χ2n) is 5.64. The number of piperazine rings is 1. The van der Waals surface area contributed by atoms with Gasteiger partial charge >= 0.3 is 0 Å². The number of nitrogens with zero attached hydrogens (tertiary/aromatic N) is 2. The van der Waals surface area contributed by atoms with Gasteiger partial charge in [0.2, 0.25) is 0 Å². The second kappa shape index (κ2) is 6.28. The fraction of sp³-hybridized carbons (Fsp3) is 0.278. The van der Waals surface area contributed by atoms with Crippen molar-refractivity contribution in [1.82, 2.24) is 9.80 Å². The maximum atomic E-state index is 13.8. The van der Waals surface area contributed by atoms with Crippen LogP contribution in [-0.2, 0) is 0 Å². The minimum Gasteiger partial charge on any atom is -0.335 e. The fourth-order valence-corrected chi connectivity index (χ4v) is 2.90. The van der Waals surface area contributed by atoms with Crippen LogP contribution in [0.15, 0.2) is 54.6 Å². The van der Waals surface area contributed by atoms with Crippen molar-refractivity contribution in [2.24, 2.45) is 0 Å². The Bertz CT molecular complexity index is 659. The molecule has 0 spiro atoms. The maximum Gasteiger partial charge on any atom is 0.256 e. The van der Waals surface area contributed by atoms with Gasteiger partial charge in [0, 0.05) is 19.6 Å². The highest BCUT2D eigenvalue weighted by Crippen LogP contribution is 2.25. The smallest absolute Gasteiger partial charge is 0.256 e. The number of amides is 1. The van der Waals surface area contributed by atoms with Crippen LogP contribution in [0.2, 0.25) is 0 Å². The quantitative estimate of drug-likeness (QED) is 0.851. The van der Waals surface area contributed by atoms with Crippen LogP contribution in [-0.4, -0.2) is 42.4 Å². The van der Waals surface area contributed by atoms with Crippen molar-refractivity contribution in [3.05, 3.63) is 71.5 Å². The Morgan fingerprint density at radius 1 is 1.05 bits per heavy atom. The van der Waals surface area contributed by atoms with Crippen molar-refractivity contribution in [2.75, 3.05) is 26.7 Å². The molecule has 2 aromatic rings. The summed E-state index contributed by atoms with van der Waals surface area (Å²) < 4.78 is 13.8. The van der Waals surface area contributed by atoms with Crippen molar-refractivity contribution < 1.29 is 9.18 Å². The summed E-state index contributed by atoms with van der Waals surface area (Å²) in [6.45, 7) is 1.97. The molecule has 0 aliphatic carbocycles. The first kappa shape index (κ1) is 14.7. The van der Waals surface area contributed by atoms with E-state index in [1.54, 1.807) is 23.1 Å². The molecule has 3 rings (SSSR count). The number of halogens is 1. The zero-order valence-corrected chi connectivity index (χ0v) is 12.6. The molecule has 1 atom stereocenters. The number of rotatable bonds is 2. The molecule has 0 N–H and O–H groups in total. The lowest BCUT2D eigenvalue weighted by molar-refractivity contribution is 0.0542. The highest BCUT2D eigenvalue weighted by atomic mass is 19.1. The van der Waals surface area contributed by atoms with E-state index in [1.807, 2.05) is 18.2 Å². The molecule has 0 aromatic heterocycles. The molecule has 2 aromatic carbocycles. The highest BCUT2D eigenvalue weighted by Gasteiger charge is 2.29. The molecule has 4 heteroatoms. The molecule has 1 heterocycles. The summed E-state index contributed by atoms with van der Waals surface area (Å²) in [5.41, 5.74) is 1.33. The monoisotopic (exact) mass is 298 g/mol. The van der Waals surface area contributed by atoms with Crippen molar-refractivity contribution in [2.45, 2.75) is 6.04 Å². The number of hydrogen-bond acceptors (Lipinski definition) is 2. The Morgan fingerprint density at radius 2 is 1.73 bits per heavy atom. The summed E-state index contributed by atoms with van der Waals surface area (Å²) in [6.07, 6.45) is 0. The number of hydrogen-bond donors (Lipinski definition) is 0. The molecular weight excluding hydrogens is 279 g/mol. The lowest BCUT2D eigenvalue weighted by atomic mass is 10.0. The lowest BCUT2D eigenvalue weighted by Crippen LogP contribution is -2.49. The Labute approximate surface area is 130 Å². The van der Waals surface area contributed by atoms with Gasteiger partial charge in [-0.25, -0.2) is 4.39 Å². The second-order valence-corrected chi connectivity index (χ2v) is 5.64. The van der Waals surface area contributed by atoms with E-state index in [0.717, 1.165) is 6.54 Å². The van der Waals surface area contributed by atoms with Crippen molar-refractivity contribution in [1.29, 1.82) is 0 Å². The molecule has 1 saturated heterocycles. The van der Waals surface area contributed by atoms with Crippen LogP contribution in [0.5, 0.6) is 0 Å². The molecule has 1 aliphatic rings. The minimum absolute atomic E-state index is 0.144. The molecular formula is C18H19FN2O. The van der Waals surface area contributed by atoms with Crippen LogP contribution < -0.4 is 0 Å². The van der Waals surface area contributed by atoms with E-state index in [4.69, 9.17) is 0 Å². The maximum absolute atomic E-state index is 13.8. The summed E-state index contributed by atoms with van der Waals surface area (Å²) in [7, 11) is 2.06. The van der Waals surface area contributed by atoms with Crippen LogP contribution in [0, 0.1) is 5.82 Å². The molecule has 0 saturated carbocycles.